The Morgan fingerprint density at radius 1 is 1.12 bits per heavy atom. The van der Waals surface area contributed by atoms with Crippen LogP contribution in [0.25, 0.3) is 0 Å². The van der Waals surface area contributed by atoms with Crippen LogP contribution in [-0.2, 0) is 0 Å². The number of rotatable bonds is 4. The van der Waals surface area contributed by atoms with Crippen molar-refractivity contribution in [3.8, 4) is 0 Å². The Balaban J connectivity index is 1.65. The van der Waals surface area contributed by atoms with Crippen molar-refractivity contribution in [1.29, 1.82) is 0 Å². The quantitative estimate of drug-likeness (QED) is 0.508. The topological polar surface area (TPSA) is 39.1 Å². The van der Waals surface area contributed by atoms with Crippen molar-refractivity contribution < 1.29 is 14.0 Å². The molecule has 4 nitrogen and oxygen atoms in total. The maximum atomic E-state index is 13.9. The minimum atomic E-state index is -0.260. The highest BCUT2D eigenvalue weighted by molar-refractivity contribution is 5.73. The third-order valence-corrected chi connectivity index (χ3v) is 5.40. The molecular weight excluding hydrogens is 336 g/mol. The molecule has 136 valence electrons. The van der Waals surface area contributed by atoms with Crippen LogP contribution in [0.4, 0.5) is 20.2 Å². The van der Waals surface area contributed by atoms with Gasteiger partial charge in [-0.15, -0.1) is 5.16 Å². The van der Waals surface area contributed by atoms with Gasteiger partial charge in [0.1, 0.15) is 11.6 Å². The SMILES string of the molecule is ON=CCCN1CC[C@@H]2[C@@H](C1)c1cc(F)ccc1N2c1ccc(F)cc1. The van der Waals surface area contributed by atoms with E-state index < -0.39 is 0 Å². The van der Waals surface area contributed by atoms with Gasteiger partial charge in [0, 0.05) is 49.2 Å². The van der Waals surface area contributed by atoms with Gasteiger partial charge < -0.3 is 15.0 Å². The first-order valence-electron chi connectivity index (χ1n) is 8.90. The Bertz CT molecular complexity index is 809. The molecule has 0 saturated carbocycles. The molecular formula is C20H21F2N3O. The highest BCUT2D eigenvalue weighted by Gasteiger charge is 2.42. The maximum Gasteiger partial charge on any atom is 0.123 e. The monoisotopic (exact) mass is 357 g/mol. The van der Waals surface area contributed by atoms with Crippen molar-refractivity contribution in [2.75, 3.05) is 24.5 Å². The van der Waals surface area contributed by atoms with Crippen molar-refractivity contribution in [3.05, 3.63) is 59.7 Å². The van der Waals surface area contributed by atoms with Crippen molar-refractivity contribution in [2.24, 2.45) is 5.16 Å². The van der Waals surface area contributed by atoms with Crippen LogP contribution in [0.3, 0.4) is 0 Å². The molecule has 1 N–H and O–H groups in total. The summed E-state index contributed by atoms with van der Waals surface area (Å²) in [5.74, 6) is -0.289. The normalized spacial score (nSPS) is 22.6. The second-order valence-electron chi connectivity index (χ2n) is 6.90. The fourth-order valence-electron chi connectivity index (χ4n) is 4.28. The summed E-state index contributed by atoms with van der Waals surface area (Å²) in [6, 6.07) is 11.7. The van der Waals surface area contributed by atoms with E-state index in [1.54, 1.807) is 18.2 Å². The zero-order valence-corrected chi connectivity index (χ0v) is 14.4. The van der Waals surface area contributed by atoms with Crippen LogP contribution >= 0.6 is 0 Å². The van der Waals surface area contributed by atoms with E-state index in [1.165, 1.54) is 24.4 Å². The smallest absolute Gasteiger partial charge is 0.123 e. The predicted molar refractivity (Wildman–Crippen MR) is 97.4 cm³/mol. The van der Waals surface area contributed by atoms with E-state index in [0.29, 0.717) is 6.42 Å². The highest BCUT2D eigenvalue weighted by atomic mass is 19.1. The Labute approximate surface area is 151 Å². The van der Waals surface area contributed by atoms with Gasteiger partial charge in [-0.3, -0.25) is 0 Å². The number of hydrogen-bond acceptors (Lipinski definition) is 4. The first-order valence-corrected chi connectivity index (χ1v) is 8.90. The molecule has 1 saturated heterocycles. The van der Waals surface area contributed by atoms with Gasteiger partial charge in [-0.25, -0.2) is 8.78 Å². The Morgan fingerprint density at radius 3 is 2.65 bits per heavy atom. The number of halogens is 2. The lowest BCUT2D eigenvalue weighted by molar-refractivity contribution is 0.201. The van der Waals surface area contributed by atoms with Crippen molar-refractivity contribution in [2.45, 2.75) is 24.8 Å². The number of benzene rings is 2. The van der Waals surface area contributed by atoms with Gasteiger partial charge >= 0.3 is 0 Å². The molecule has 6 heteroatoms. The molecule has 2 aliphatic rings. The minimum absolute atomic E-state index is 0.200. The van der Waals surface area contributed by atoms with E-state index in [1.807, 2.05) is 6.07 Å². The van der Waals surface area contributed by atoms with Crippen LogP contribution in [0.15, 0.2) is 47.6 Å². The lowest BCUT2D eigenvalue weighted by Crippen LogP contribution is -2.45. The van der Waals surface area contributed by atoms with Crippen LogP contribution in [-0.4, -0.2) is 42.0 Å². The van der Waals surface area contributed by atoms with Gasteiger partial charge in [0.15, 0.2) is 0 Å². The van der Waals surface area contributed by atoms with E-state index >= 15 is 0 Å². The van der Waals surface area contributed by atoms with E-state index in [4.69, 9.17) is 5.21 Å². The summed E-state index contributed by atoms with van der Waals surface area (Å²) in [6.45, 7) is 2.57. The predicted octanol–water partition coefficient (Wildman–Crippen LogP) is 4.12. The lowest BCUT2D eigenvalue weighted by Gasteiger charge is -2.39. The molecule has 0 aromatic heterocycles. The van der Waals surface area contributed by atoms with Crippen LogP contribution in [0.1, 0.15) is 24.3 Å². The lowest BCUT2D eigenvalue weighted by atomic mass is 9.89. The summed E-state index contributed by atoms with van der Waals surface area (Å²) >= 11 is 0. The summed E-state index contributed by atoms with van der Waals surface area (Å²) < 4.78 is 27.3. The number of oxime groups is 1. The highest BCUT2D eigenvalue weighted by Crippen LogP contribution is 2.48. The number of hydrogen-bond donors (Lipinski definition) is 1. The zero-order chi connectivity index (χ0) is 18.1. The van der Waals surface area contributed by atoms with E-state index in [0.717, 1.165) is 43.0 Å². The number of piperidine rings is 1. The number of likely N-dealkylation sites (tertiary alicyclic amines) is 1. The minimum Gasteiger partial charge on any atom is -0.411 e. The number of nitrogens with zero attached hydrogens (tertiary/aromatic N) is 3. The average molecular weight is 357 g/mol. The molecule has 4 rings (SSSR count). The molecule has 2 heterocycles. The van der Waals surface area contributed by atoms with Crippen LogP contribution in [0.2, 0.25) is 0 Å². The standard InChI is InChI=1S/C20H21F2N3O/c21-14-2-5-16(6-3-14)25-19-7-4-15(22)12-17(19)18-13-24(10-1-9-23-26)11-8-20(18)25/h2-7,9,12,18,20,26H,1,8,10-11,13H2/t18-,20+/m0/s1. The summed E-state index contributed by atoms with van der Waals surface area (Å²) in [7, 11) is 0. The maximum absolute atomic E-state index is 13.9. The molecule has 26 heavy (non-hydrogen) atoms. The van der Waals surface area contributed by atoms with Crippen molar-refractivity contribution in [3.63, 3.8) is 0 Å². The van der Waals surface area contributed by atoms with Gasteiger partial charge in [0.05, 0.1) is 0 Å². The molecule has 2 aliphatic heterocycles. The Morgan fingerprint density at radius 2 is 1.88 bits per heavy atom. The fourth-order valence-corrected chi connectivity index (χ4v) is 4.28. The van der Waals surface area contributed by atoms with E-state index in [2.05, 4.69) is 15.0 Å². The van der Waals surface area contributed by atoms with E-state index in [-0.39, 0.29) is 23.6 Å². The van der Waals surface area contributed by atoms with Gasteiger partial charge in [-0.1, -0.05) is 0 Å². The second kappa shape index (κ2) is 7.03. The van der Waals surface area contributed by atoms with Gasteiger partial charge in [-0.05, 0) is 60.9 Å². The fraction of sp³-hybridized carbons (Fsp3) is 0.350. The Kier molecular flexibility index (Phi) is 4.59. The Hall–Kier alpha value is -2.47. The molecule has 2 aromatic carbocycles. The van der Waals surface area contributed by atoms with Crippen LogP contribution in [0, 0.1) is 11.6 Å². The van der Waals surface area contributed by atoms with Crippen molar-refractivity contribution in [1.82, 2.24) is 4.90 Å². The summed E-state index contributed by atoms with van der Waals surface area (Å²) in [5.41, 5.74) is 2.96. The van der Waals surface area contributed by atoms with Gasteiger partial charge in [-0.2, -0.15) is 0 Å². The summed E-state index contributed by atoms with van der Waals surface area (Å²) in [6.07, 6.45) is 3.12. The molecule has 1 fully saturated rings. The summed E-state index contributed by atoms with van der Waals surface area (Å²) in [4.78, 5) is 4.55. The molecule has 0 bridgehead atoms. The molecule has 2 atom stereocenters. The van der Waals surface area contributed by atoms with E-state index in [9.17, 15) is 8.78 Å². The molecule has 0 spiro atoms. The van der Waals surface area contributed by atoms with Crippen LogP contribution < -0.4 is 4.90 Å². The molecule has 0 unspecified atom stereocenters. The summed E-state index contributed by atoms with van der Waals surface area (Å²) in [5, 5.41) is 11.6. The molecule has 2 aromatic rings. The molecule has 0 aliphatic carbocycles. The zero-order valence-electron chi connectivity index (χ0n) is 14.4. The number of fused-ring (bicyclic) bond motifs is 3. The third-order valence-electron chi connectivity index (χ3n) is 5.40. The van der Waals surface area contributed by atoms with Crippen molar-refractivity contribution >= 4 is 17.6 Å². The van der Waals surface area contributed by atoms with Crippen LogP contribution in [0.5, 0.6) is 0 Å². The molecule has 0 amide bonds. The third kappa shape index (κ3) is 3.05. The van der Waals surface area contributed by atoms with Gasteiger partial charge in [0.2, 0.25) is 0 Å². The largest absolute Gasteiger partial charge is 0.411 e. The van der Waals surface area contributed by atoms with Gasteiger partial charge in [0.25, 0.3) is 0 Å². The number of anilines is 2. The first kappa shape index (κ1) is 17.0. The first-order chi connectivity index (χ1) is 12.7. The second-order valence-corrected chi connectivity index (χ2v) is 6.90. The molecule has 0 radical (unpaired) electrons. The average Bonchev–Trinajstić information content (AvgIpc) is 2.96.